The summed E-state index contributed by atoms with van der Waals surface area (Å²) < 4.78 is 33.4. The van der Waals surface area contributed by atoms with Crippen molar-refractivity contribution in [1.82, 2.24) is 19.7 Å². The first kappa shape index (κ1) is 21.5. The molecule has 164 valence electrons. The lowest BCUT2D eigenvalue weighted by atomic mass is 9.98. The van der Waals surface area contributed by atoms with Crippen molar-refractivity contribution in [2.45, 2.75) is 45.1 Å². The number of aromatic nitrogens is 3. The molecule has 1 aliphatic rings. The zero-order valence-corrected chi connectivity index (χ0v) is 17.9. The molecule has 2 aromatic heterocycles. The molecule has 1 atom stereocenters. The number of likely N-dealkylation sites (tertiary alicyclic amines) is 1. The number of carbonyl (C=O) groups is 1. The van der Waals surface area contributed by atoms with Gasteiger partial charge in [0.25, 0.3) is 6.43 Å². The molecular weight excluding hydrogens is 426 g/mol. The van der Waals surface area contributed by atoms with Crippen molar-refractivity contribution in [2.75, 3.05) is 13.1 Å². The predicted octanol–water partition coefficient (Wildman–Crippen LogP) is 4.77. The van der Waals surface area contributed by atoms with E-state index in [1.165, 1.54) is 6.07 Å². The third-order valence-corrected chi connectivity index (χ3v) is 5.83. The average Bonchev–Trinajstić information content (AvgIpc) is 3.36. The second-order valence-corrected chi connectivity index (χ2v) is 8.19. The van der Waals surface area contributed by atoms with E-state index >= 15 is 0 Å². The number of aryl methyl sites for hydroxylation is 1. The Morgan fingerprint density at radius 3 is 2.94 bits per heavy atom. The predicted molar refractivity (Wildman–Crippen MR) is 111 cm³/mol. The average molecular weight is 449 g/mol. The second kappa shape index (κ2) is 9.18. The van der Waals surface area contributed by atoms with Gasteiger partial charge in [-0.2, -0.15) is 5.10 Å². The van der Waals surface area contributed by atoms with Gasteiger partial charge < -0.3 is 9.32 Å². The lowest BCUT2D eigenvalue weighted by molar-refractivity contribution is -0.133. The number of hydrogen-bond donors (Lipinski definition) is 0. The molecule has 6 nitrogen and oxygen atoms in total. The molecule has 0 N–H and O–H groups in total. The molecule has 1 fully saturated rings. The van der Waals surface area contributed by atoms with Crippen LogP contribution in [0.25, 0.3) is 0 Å². The van der Waals surface area contributed by atoms with Gasteiger partial charge in [-0.25, -0.2) is 13.8 Å². The zero-order valence-electron chi connectivity index (χ0n) is 17.1. The van der Waals surface area contributed by atoms with Crippen molar-refractivity contribution >= 4 is 17.5 Å². The normalized spacial score (nSPS) is 16.8. The van der Waals surface area contributed by atoms with Gasteiger partial charge in [-0.05, 0) is 37.5 Å². The number of piperidine rings is 1. The van der Waals surface area contributed by atoms with Crippen LogP contribution in [0.1, 0.15) is 53.8 Å². The Bertz CT molecular complexity index is 1070. The lowest BCUT2D eigenvalue weighted by Crippen LogP contribution is -2.41. The summed E-state index contributed by atoms with van der Waals surface area (Å²) in [6.45, 7) is 2.44. The van der Waals surface area contributed by atoms with Crippen LogP contribution in [0.15, 0.2) is 40.9 Å². The minimum absolute atomic E-state index is 0.0355. The highest BCUT2D eigenvalue weighted by Crippen LogP contribution is 2.28. The topological polar surface area (TPSA) is 64.2 Å². The fourth-order valence-corrected chi connectivity index (χ4v) is 4.13. The Balaban J connectivity index is 1.41. The molecule has 1 aliphatic heterocycles. The van der Waals surface area contributed by atoms with Gasteiger partial charge >= 0.3 is 0 Å². The fourth-order valence-electron chi connectivity index (χ4n) is 3.92. The first-order valence-corrected chi connectivity index (χ1v) is 10.6. The zero-order chi connectivity index (χ0) is 22.0. The molecule has 4 rings (SSSR count). The van der Waals surface area contributed by atoms with Gasteiger partial charge in [0, 0.05) is 24.5 Å². The first-order chi connectivity index (χ1) is 14.9. The van der Waals surface area contributed by atoms with Crippen LogP contribution in [0.4, 0.5) is 8.78 Å². The summed E-state index contributed by atoms with van der Waals surface area (Å²) in [4.78, 5) is 18.9. The summed E-state index contributed by atoms with van der Waals surface area (Å²) in [6, 6.07) is 8.88. The molecular formula is C22H23ClF2N4O2. The van der Waals surface area contributed by atoms with Crippen LogP contribution >= 0.6 is 11.6 Å². The Kier molecular flexibility index (Phi) is 6.36. The number of benzene rings is 1. The summed E-state index contributed by atoms with van der Waals surface area (Å²) in [5.41, 5.74) is 1.18. The number of nitrogens with zero attached hydrogens (tertiary/aromatic N) is 4. The van der Waals surface area contributed by atoms with Gasteiger partial charge in [0.05, 0.1) is 17.8 Å². The molecule has 1 saturated heterocycles. The highest BCUT2D eigenvalue weighted by Gasteiger charge is 2.29. The number of oxazole rings is 1. The van der Waals surface area contributed by atoms with E-state index in [4.69, 9.17) is 16.0 Å². The van der Waals surface area contributed by atoms with Crippen LogP contribution in [0, 0.1) is 6.92 Å². The molecule has 0 unspecified atom stereocenters. The summed E-state index contributed by atoms with van der Waals surface area (Å²) >= 11 is 6.22. The molecule has 9 heteroatoms. The van der Waals surface area contributed by atoms with Crippen LogP contribution in [0.2, 0.25) is 5.02 Å². The Hall–Kier alpha value is -2.74. The van der Waals surface area contributed by atoms with E-state index in [9.17, 15) is 13.6 Å². The minimum Gasteiger partial charge on any atom is -0.445 e. The van der Waals surface area contributed by atoms with Crippen molar-refractivity contribution < 1.29 is 18.0 Å². The van der Waals surface area contributed by atoms with Crippen LogP contribution < -0.4 is 0 Å². The van der Waals surface area contributed by atoms with E-state index in [1.807, 2.05) is 24.3 Å². The lowest BCUT2D eigenvalue weighted by Gasteiger charge is -2.31. The summed E-state index contributed by atoms with van der Waals surface area (Å²) in [5, 5.41) is 4.71. The quantitative estimate of drug-likeness (QED) is 0.545. The van der Waals surface area contributed by atoms with Gasteiger partial charge in [-0.3, -0.25) is 9.48 Å². The summed E-state index contributed by atoms with van der Waals surface area (Å²) in [6.07, 6.45) is 1.20. The van der Waals surface area contributed by atoms with Gasteiger partial charge in [-0.15, -0.1) is 0 Å². The minimum atomic E-state index is -2.67. The van der Waals surface area contributed by atoms with Crippen molar-refractivity contribution in [3.05, 3.63) is 70.2 Å². The molecule has 3 aromatic rings. The Labute approximate surface area is 183 Å². The van der Waals surface area contributed by atoms with E-state index in [0.29, 0.717) is 41.9 Å². The largest absolute Gasteiger partial charge is 0.445 e. The molecule has 0 aliphatic carbocycles. The summed E-state index contributed by atoms with van der Waals surface area (Å²) in [7, 11) is 0. The van der Waals surface area contributed by atoms with E-state index in [-0.39, 0.29) is 24.1 Å². The highest BCUT2D eigenvalue weighted by atomic mass is 35.5. The van der Waals surface area contributed by atoms with Crippen molar-refractivity contribution in [3.8, 4) is 0 Å². The molecule has 31 heavy (non-hydrogen) atoms. The van der Waals surface area contributed by atoms with Crippen LogP contribution in [0.5, 0.6) is 0 Å². The maximum absolute atomic E-state index is 13.2. The van der Waals surface area contributed by atoms with Crippen molar-refractivity contribution in [3.63, 3.8) is 0 Å². The van der Waals surface area contributed by atoms with Gasteiger partial charge in [0.2, 0.25) is 5.91 Å². The maximum Gasteiger partial charge on any atom is 0.280 e. The third-order valence-electron chi connectivity index (χ3n) is 5.46. The first-order valence-electron chi connectivity index (χ1n) is 10.2. The Morgan fingerprint density at radius 1 is 1.35 bits per heavy atom. The SMILES string of the molecule is Cc1cc(C(F)F)n(CC(=O)N2CCC[C@H](c3ncc(Cc4ccccc4Cl)o3)C2)n1. The molecule has 3 heterocycles. The highest BCUT2D eigenvalue weighted by molar-refractivity contribution is 6.31. The van der Waals surface area contributed by atoms with E-state index in [0.717, 1.165) is 23.1 Å². The Morgan fingerprint density at radius 2 is 2.16 bits per heavy atom. The van der Waals surface area contributed by atoms with Crippen LogP contribution in [-0.4, -0.2) is 38.7 Å². The molecule has 1 aromatic carbocycles. The van der Waals surface area contributed by atoms with Gasteiger partial charge in [-0.1, -0.05) is 29.8 Å². The number of carbonyl (C=O) groups excluding carboxylic acids is 1. The van der Waals surface area contributed by atoms with E-state index in [2.05, 4.69) is 10.1 Å². The van der Waals surface area contributed by atoms with E-state index < -0.39 is 6.43 Å². The fraction of sp³-hybridized carbons (Fsp3) is 0.409. The van der Waals surface area contributed by atoms with Crippen LogP contribution in [-0.2, 0) is 17.8 Å². The number of halogens is 3. The second-order valence-electron chi connectivity index (χ2n) is 7.78. The summed E-state index contributed by atoms with van der Waals surface area (Å²) in [5.74, 6) is 1.02. The third kappa shape index (κ3) is 4.95. The number of rotatable bonds is 6. The van der Waals surface area contributed by atoms with Gasteiger partial charge in [0.15, 0.2) is 5.89 Å². The van der Waals surface area contributed by atoms with Gasteiger partial charge in [0.1, 0.15) is 18.0 Å². The standard InChI is InChI=1S/C22H23ClF2N4O2/c1-14-9-19(21(24)25)29(27-14)13-20(30)28-8-4-6-16(12-28)22-26-11-17(31-22)10-15-5-2-3-7-18(15)23/h2-3,5,7,9,11,16,21H,4,6,8,10,12-13H2,1H3/t16-/m0/s1. The molecule has 0 bridgehead atoms. The molecule has 0 spiro atoms. The smallest absolute Gasteiger partial charge is 0.280 e. The number of hydrogen-bond acceptors (Lipinski definition) is 4. The number of alkyl halides is 2. The number of amides is 1. The monoisotopic (exact) mass is 448 g/mol. The molecule has 0 radical (unpaired) electrons. The van der Waals surface area contributed by atoms with Crippen LogP contribution in [0.3, 0.4) is 0 Å². The van der Waals surface area contributed by atoms with Crippen molar-refractivity contribution in [1.29, 1.82) is 0 Å². The molecule has 1 amide bonds. The molecule has 0 saturated carbocycles. The van der Waals surface area contributed by atoms with Crippen molar-refractivity contribution in [2.24, 2.45) is 0 Å². The van der Waals surface area contributed by atoms with E-state index in [1.54, 1.807) is 18.0 Å². The maximum atomic E-state index is 13.2.